The first-order valence-corrected chi connectivity index (χ1v) is 7.43. The second-order valence-corrected chi connectivity index (χ2v) is 5.29. The van der Waals surface area contributed by atoms with Crippen molar-refractivity contribution < 1.29 is 23.8 Å². The lowest BCUT2D eigenvalue weighted by atomic mass is 10.1. The average molecular weight is 344 g/mol. The number of nitrogens with zero attached hydrogens (tertiary/aromatic N) is 1. The van der Waals surface area contributed by atoms with Crippen LogP contribution < -0.4 is 10.5 Å². The fraction of sp³-hybridized carbons (Fsp3) is 0.235. The van der Waals surface area contributed by atoms with Crippen molar-refractivity contribution in [2.75, 3.05) is 32.5 Å². The van der Waals surface area contributed by atoms with Gasteiger partial charge >= 0.3 is 11.9 Å². The molecule has 2 heterocycles. The Labute approximate surface area is 142 Å². The van der Waals surface area contributed by atoms with E-state index < -0.39 is 11.9 Å². The summed E-state index contributed by atoms with van der Waals surface area (Å²) in [5, 5.41) is 1.38. The first kappa shape index (κ1) is 16.7. The summed E-state index contributed by atoms with van der Waals surface area (Å²) in [7, 11) is 2.45. The van der Waals surface area contributed by atoms with E-state index in [1.54, 1.807) is 18.3 Å². The molecule has 0 spiro atoms. The Balaban J connectivity index is 2.24. The molecule has 1 aliphatic rings. The van der Waals surface area contributed by atoms with Crippen molar-refractivity contribution in [1.29, 1.82) is 0 Å². The van der Waals surface area contributed by atoms with Gasteiger partial charge in [-0.3, -0.25) is 4.79 Å². The number of anilines is 1. The van der Waals surface area contributed by atoms with E-state index in [9.17, 15) is 14.4 Å². The van der Waals surface area contributed by atoms with Gasteiger partial charge in [-0.05, 0) is 6.07 Å². The largest absolute Gasteiger partial charge is 0.466 e. The number of H-pyrrole nitrogens is 1. The molecule has 0 unspecified atom stereocenters. The molecule has 8 heteroatoms. The van der Waals surface area contributed by atoms with Crippen molar-refractivity contribution in [3.8, 4) is 0 Å². The van der Waals surface area contributed by atoms with Crippen molar-refractivity contribution in [2.45, 2.75) is 0 Å². The standard InChI is InChI=1S/C17H16N2O6/c1-23-16(21)12-8-25-9-19(15(12)17(22)24-2)13-5-3-4-10-7-18-14(20)6-11(10)13/h3-7H,8-9H2,1-2H3,(H,18,20). The lowest BCUT2D eigenvalue weighted by Crippen LogP contribution is -2.39. The summed E-state index contributed by atoms with van der Waals surface area (Å²) in [6, 6.07) is 6.75. The Kier molecular flexibility index (Phi) is 4.53. The molecule has 25 heavy (non-hydrogen) atoms. The van der Waals surface area contributed by atoms with Crippen molar-refractivity contribution in [2.24, 2.45) is 0 Å². The maximum absolute atomic E-state index is 12.3. The van der Waals surface area contributed by atoms with Crippen LogP contribution in [0.3, 0.4) is 0 Å². The molecule has 2 aromatic rings. The van der Waals surface area contributed by atoms with Gasteiger partial charge in [0.15, 0.2) is 0 Å². The lowest BCUT2D eigenvalue weighted by molar-refractivity contribution is -0.140. The van der Waals surface area contributed by atoms with E-state index in [0.29, 0.717) is 11.1 Å². The molecule has 1 aliphatic heterocycles. The molecule has 8 nitrogen and oxygen atoms in total. The zero-order valence-corrected chi connectivity index (χ0v) is 13.7. The number of pyridine rings is 1. The van der Waals surface area contributed by atoms with Gasteiger partial charge in [0.05, 0.1) is 32.1 Å². The number of aromatic amines is 1. The maximum Gasteiger partial charge on any atom is 0.355 e. The minimum atomic E-state index is -0.689. The van der Waals surface area contributed by atoms with Crippen molar-refractivity contribution in [3.63, 3.8) is 0 Å². The number of hydrogen-bond donors (Lipinski definition) is 1. The van der Waals surface area contributed by atoms with E-state index in [1.807, 2.05) is 6.07 Å². The maximum atomic E-state index is 12.3. The zero-order valence-electron chi connectivity index (χ0n) is 13.7. The predicted octanol–water partition coefficient (Wildman–Crippen LogP) is 0.922. The number of fused-ring (bicyclic) bond motifs is 1. The summed E-state index contributed by atoms with van der Waals surface area (Å²) in [5.41, 5.74) is 0.357. The third-order valence-corrected chi connectivity index (χ3v) is 3.89. The lowest BCUT2D eigenvalue weighted by Gasteiger charge is -2.32. The van der Waals surface area contributed by atoms with Crippen LogP contribution in [-0.2, 0) is 23.8 Å². The van der Waals surface area contributed by atoms with Gasteiger partial charge in [0, 0.05) is 23.0 Å². The number of nitrogens with one attached hydrogen (secondary N) is 1. The number of methoxy groups -OCH3 is 2. The second-order valence-electron chi connectivity index (χ2n) is 5.29. The number of esters is 2. The van der Waals surface area contributed by atoms with Crippen LogP contribution in [0.15, 0.2) is 46.5 Å². The predicted molar refractivity (Wildman–Crippen MR) is 88.9 cm³/mol. The highest BCUT2D eigenvalue weighted by Gasteiger charge is 2.33. The summed E-state index contributed by atoms with van der Waals surface area (Å²) in [6.45, 7) is -0.0458. The summed E-state index contributed by atoms with van der Waals surface area (Å²) < 4.78 is 15.0. The van der Waals surface area contributed by atoms with Gasteiger partial charge in [0.25, 0.3) is 0 Å². The van der Waals surface area contributed by atoms with Crippen molar-refractivity contribution in [3.05, 3.63) is 52.1 Å². The number of rotatable bonds is 3. The molecule has 1 aromatic carbocycles. The molecule has 0 radical (unpaired) electrons. The van der Waals surface area contributed by atoms with E-state index in [2.05, 4.69) is 4.98 Å². The Morgan fingerprint density at radius 3 is 2.68 bits per heavy atom. The molecular weight excluding hydrogens is 328 g/mol. The molecule has 0 atom stereocenters. The first-order valence-electron chi connectivity index (χ1n) is 7.43. The molecule has 0 saturated carbocycles. The first-order chi connectivity index (χ1) is 12.1. The van der Waals surface area contributed by atoms with Crippen molar-refractivity contribution >= 4 is 28.4 Å². The molecule has 3 rings (SSSR count). The van der Waals surface area contributed by atoms with Gasteiger partial charge in [0.1, 0.15) is 12.4 Å². The number of ether oxygens (including phenoxy) is 3. The molecular formula is C17H16N2O6. The molecule has 130 valence electrons. The number of hydrogen-bond acceptors (Lipinski definition) is 7. The van der Waals surface area contributed by atoms with Gasteiger partial charge < -0.3 is 24.1 Å². The van der Waals surface area contributed by atoms with E-state index in [1.165, 1.54) is 25.2 Å². The van der Waals surface area contributed by atoms with Gasteiger partial charge in [0.2, 0.25) is 5.56 Å². The van der Waals surface area contributed by atoms with Crippen LogP contribution >= 0.6 is 0 Å². The summed E-state index contributed by atoms with van der Waals surface area (Å²) in [5.74, 6) is -1.37. The van der Waals surface area contributed by atoms with E-state index in [4.69, 9.17) is 14.2 Å². The fourth-order valence-corrected chi connectivity index (χ4v) is 2.74. The highest BCUT2D eigenvalue weighted by atomic mass is 16.5. The Bertz CT molecular complexity index is 930. The highest BCUT2D eigenvalue weighted by Crippen LogP contribution is 2.31. The minimum absolute atomic E-state index is 0.0246. The van der Waals surface area contributed by atoms with Crippen LogP contribution in [0.5, 0.6) is 0 Å². The number of carbonyl (C=O) groups is 2. The van der Waals surface area contributed by atoms with Gasteiger partial charge in [-0.15, -0.1) is 0 Å². The SMILES string of the molecule is COC(=O)C1=C(C(=O)OC)N(c2cccc3c[nH]c(=O)cc23)COC1. The van der Waals surface area contributed by atoms with E-state index in [-0.39, 0.29) is 30.2 Å². The average Bonchev–Trinajstić information content (AvgIpc) is 2.65. The minimum Gasteiger partial charge on any atom is -0.466 e. The topological polar surface area (TPSA) is 97.9 Å². The molecule has 0 saturated heterocycles. The smallest absolute Gasteiger partial charge is 0.355 e. The summed E-state index contributed by atoms with van der Waals surface area (Å²) >= 11 is 0. The van der Waals surface area contributed by atoms with Crippen molar-refractivity contribution in [1.82, 2.24) is 4.98 Å². The number of carbonyl (C=O) groups excluding carboxylic acids is 2. The van der Waals surface area contributed by atoms with Crippen LogP contribution in [0.1, 0.15) is 0 Å². The third kappa shape index (κ3) is 2.99. The van der Waals surface area contributed by atoms with Gasteiger partial charge in [-0.1, -0.05) is 12.1 Å². The van der Waals surface area contributed by atoms with Crippen LogP contribution in [0.2, 0.25) is 0 Å². The zero-order chi connectivity index (χ0) is 18.0. The summed E-state index contributed by atoms with van der Waals surface area (Å²) in [6.07, 6.45) is 1.58. The fourth-order valence-electron chi connectivity index (χ4n) is 2.74. The molecule has 1 aromatic heterocycles. The van der Waals surface area contributed by atoms with E-state index >= 15 is 0 Å². The molecule has 0 aliphatic carbocycles. The van der Waals surface area contributed by atoms with Crippen LogP contribution in [0.4, 0.5) is 5.69 Å². The monoisotopic (exact) mass is 344 g/mol. The third-order valence-electron chi connectivity index (χ3n) is 3.89. The van der Waals surface area contributed by atoms with Gasteiger partial charge in [-0.25, -0.2) is 9.59 Å². The van der Waals surface area contributed by atoms with Crippen LogP contribution in [-0.4, -0.2) is 44.5 Å². The molecule has 0 bridgehead atoms. The Morgan fingerprint density at radius 1 is 1.20 bits per heavy atom. The van der Waals surface area contributed by atoms with Crippen LogP contribution in [0.25, 0.3) is 10.8 Å². The second kappa shape index (κ2) is 6.78. The highest BCUT2D eigenvalue weighted by molar-refractivity contribution is 6.05. The van der Waals surface area contributed by atoms with Crippen LogP contribution in [0, 0.1) is 0 Å². The molecule has 0 fully saturated rings. The normalized spacial score (nSPS) is 14.6. The quantitative estimate of drug-likeness (QED) is 0.827. The molecule has 1 N–H and O–H groups in total. The molecule has 0 amide bonds. The Hall–Kier alpha value is -3.13. The number of benzene rings is 1. The Morgan fingerprint density at radius 2 is 1.96 bits per heavy atom. The van der Waals surface area contributed by atoms with E-state index in [0.717, 1.165) is 5.39 Å². The number of aromatic nitrogens is 1. The van der Waals surface area contributed by atoms with Gasteiger partial charge in [-0.2, -0.15) is 0 Å². The summed E-state index contributed by atoms with van der Waals surface area (Å²) in [4.78, 5) is 40.2.